The van der Waals surface area contributed by atoms with Crippen LogP contribution in [0.2, 0.25) is 0 Å². The van der Waals surface area contributed by atoms with Gasteiger partial charge >= 0.3 is 0 Å². The van der Waals surface area contributed by atoms with Crippen LogP contribution in [0.25, 0.3) is 0 Å². The number of benzene rings is 1. The van der Waals surface area contributed by atoms with E-state index in [4.69, 9.17) is 0 Å². The van der Waals surface area contributed by atoms with Crippen LogP contribution in [0.5, 0.6) is 0 Å². The standard InChI is InChI=1S/C14H20N2/c1-14(2)8-10-16(11-9-14)12-15-13-6-4-3-5-7-13/h3-7,12H,8-11H2,1-2H3. The SMILES string of the molecule is CC1(C)CCN(C=Nc2ccccc2)CC1. The van der Waals surface area contributed by atoms with Crippen molar-refractivity contribution in [3.63, 3.8) is 0 Å². The molecule has 0 spiro atoms. The van der Waals surface area contributed by atoms with E-state index >= 15 is 0 Å². The number of likely N-dealkylation sites (tertiary alicyclic amines) is 1. The van der Waals surface area contributed by atoms with Crippen molar-refractivity contribution < 1.29 is 0 Å². The normalized spacial score (nSPS) is 20.2. The van der Waals surface area contributed by atoms with Crippen molar-refractivity contribution in [1.29, 1.82) is 0 Å². The molecule has 0 N–H and O–H groups in total. The van der Waals surface area contributed by atoms with Crippen molar-refractivity contribution in [3.8, 4) is 0 Å². The molecular formula is C14H20N2. The molecule has 16 heavy (non-hydrogen) atoms. The fourth-order valence-corrected chi connectivity index (χ4v) is 1.91. The number of hydrogen-bond acceptors (Lipinski definition) is 1. The predicted octanol–water partition coefficient (Wildman–Crippen LogP) is 3.47. The summed E-state index contributed by atoms with van der Waals surface area (Å²) in [5.74, 6) is 0. The molecule has 1 aliphatic rings. The molecular weight excluding hydrogens is 196 g/mol. The molecule has 0 aromatic heterocycles. The number of nitrogens with zero attached hydrogens (tertiary/aromatic N) is 2. The first-order valence-electron chi connectivity index (χ1n) is 5.99. The molecule has 1 aliphatic heterocycles. The van der Waals surface area contributed by atoms with E-state index in [0.29, 0.717) is 5.41 Å². The molecule has 0 aliphatic carbocycles. The summed E-state index contributed by atoms with van der Waals surface area (Å²) >= 11 is 0. The largest absolute Gasteiger partial charge is 0.363 e. The first kappa shape index (κ1) is 11.2. The lowest BCUT2D eigenvalue weighted by atomic mass is 9.83. The molecule has 0 unspecified atom stereocenters. The van der Waals surface area contributed by atoms with Gasteiger partial charge in [-0.25, -0.2) is 4.99 Å². The van der Waals surface area contributed by atoms with Gasteiger partial charge < -0.3 is 4.90 Å². The highest BCUT2D eigenvalue weighted by atomic mass is 15.2. The summed E-state index contributed by atoms with van der Waals surface area (Å²) in [6.07, 6.45) is 4.51. The molecule has 1 aromatic rings. The van der Waals surface area contributed by atoms with Crippen LogP contribution >= 0.6 is 0 Å². The minimum atomic E-state index is 0.511. The molecule has 0 amide bonds. The molecule has 2 rings (SSSR count). The second-order valence-electron chi connectivity index (χ2n) is 5.28. The molecule has 1 aromatic carbocycles. The summed E-state index contributed by atoms with van der Waals surface area (Å²) in [6, 6.07) is 10.1. The van der Waals surface area contributed by atoms with Gasteiger partial charge in [0.25, 0.3) is 0 Å². The smallest absolute Gasteiger partial charge is 0.0912 e. The van der Waals surface area contributed by atoms with Crippen LogP contribution in [0.15, 0.2) is 35.3 Å². The molecule has 86 valence electrons. The fourth-order valence-electron chi connectivity index (χ4n) is 1.91. The van der Waals surface area contributed by atoms with Crippen LogP contribution in [0.3, 0.4) is 0 Å². The Balaban J connectivity index is 1.90. The molecule has 0 bridgehead atoms. The minimum Gasteiger partial charge on any atom is -0.363 e. The second kappa shape index (κ2) is 4.69. The monoisotopic (exact) mass is 216 g/mol. The third-order valence-corrected chi connectivity index (χ3v) is 3.28. The number of hydrogen-bond donors (Lipinski definition) is 0. The van der Waals surface area contributed by atoms with E-state index in [0.717, 1.165) is 18.8 Å². The van der Waals surface area contributed by atoms with E-state index in [-0.39, 0.29) is 0 Å². The van der Waals surface area contributed by atoms with Crippen molar-refractivity contribution in [2.45, 2.75) is 26.7 Å². The summed E-state index contributed by atoms with van der Waals surface area (Å²) in [5, 5.41) is 0. The van der Waals surface area contributed by atoms with E-state index in [1.165, 1.54) is 12.8 Å². The Bertz CT molecular complexity index is 344. The Kier molecular flexibility index (Phi) is 3.28. The van der Waals surface area contributed by atoms with Crippen molar-refractivity contribution in [2.75, 3.05) is 13.1 Å². The van der Waals surface area contributed by atoms with Gasteiger partial charge in [-0.05, 0) is 30.4 Å². The molecule has 0 atom stereocenters. The van der Waals surface area contributed by atoms with Gasteiger partial charge in [0.2, 0.25) is 0 Å². The van der Waals surface area contributed by atoms with Gasteiger partial charge in [0.15, 0.2) is 0 Å². The van der Waals surface area contributed by atoms with Gasteiger partial charge in [-0.15, -0.1) is 0 Å². The summed E-state index contributed by atoms with van der Waals surface area (Å²) in [4.78, 5) is 6.80. The van der Waals surface area contributed by atoms with Crippen LogP contribution in [-0.2, 0) is 0 Å². The maximum Gasteiger partial charge on any atom is 0.0912 e. The first-order valence-corrected chi connectivity index (χ1v) is 5.99. The first-order chi connectivity index (χ1) is 7.66. The average Bonchev–Trinajstić information content (AvgIpc) is 2.29. The van der Waals surface area contributed by atoms with Gasteiger partial charge in [-0.2, -0.15) is 0 Å². The Morgan fingerprint density at radius 3 is 2.38 bits per heavy atom. The van der Waals surface area contributed by atoms with E-state index in [2.05, 4.69) is 23.7 Å². The second-order valence-corrected chi connectivity index (χ2v) is 5.28. The highest BCUT2D eigenvalue weighted by Crippen LogP contribution is 2.29. The maximum atomic E-state index is 4.48. The van der Waals surface area contributed by atoms with Crippen molar-refractivity contribution >= 4 is 12.0 Å². The molecule has 0 saturated carbocycles. The quantitative estimate of drug-likeness (QED) is 0.546. The molecule has 1 heterocycles. The molecule has 2 nitrogen and oxygen atoms in total. The van der Waals surface area contributed by atoms with Gasteiger partial charge in [0.1, 0.15) is 0 Å². The number of rotatable bonds is 2. The van der Waals surface area contributed by atoms with Crippen molar-refractivity contribution in [2.24, 2.45) is 10.4 Å². The van der Waals surface area contributed by atoms with E-state index in [1.807, 2.05) is 36.7 Å². The number of aliphatic imine (C=N–C) groups is 1. The maximum absolute atomic E-state index is 4.48. The Morgan fingerprint density at radius 2 is 1.75 bits per heavy atom. The van der Waals surface area contributed by atoms with Crippen LogP contribution in [-0.4, -0.2) is 24.3 Å². The third-order valence-electron chi connectivity index (χ3n) is 3.28. The Labute approximate surface area is 98.0 Å². The zero-order valence-electron chi connectivity index (χ0n) is 10.2. The highest BCUT2D eigenvalue weighted by Gasteiger charge is 2.23. The van der Waals surface area contributed by atoms with Crippen molar-refractivity contribution in [3.05, 3.63) is 30.3 Å². The van der Waals surface area contributed by atoms with Gasteiger partial charge in [0.05, 0.1) is 12.0 Å². The Morgan fingerprint density at radius 1 is 1.12 bits per heavy atom. The van der Waals surface area contributed by atoms with Crippen molar-refractivity contribution in [1.82, 2.24) is 4.90 Å². The van der Waals surface area contributed by atoms with Gasteiger partial charge in [-0.1, -0.05) is 32.0 Å². The van der Waals surface area contributed by atoms with Crippen LogP contribution < -0.4 is 0 Å². The fraction of sp³-hybridized carbons (Fsp3) is 0.500. The predicted molar refractivity (Wildman–Crippen MR) is 69.2 cm³/mol. The summed E-state index contributed by atoms with van der Waals surface area (Å²) in [5.41, 5.74) is 1.55. The van der Waals surface area contributed by atoms with Crippen LogP contribution in [0, 0.1) is 5.41 Å². The molecule has 1 saturated heterocycles. The van der Waals surface area contributed by atoms with Gasteiger partial charge in [0, 0.05) is 13.1 Å². The van der Waals surface area contributed by atoms with Crippen LogP contribution in [0.4, 0.5) is 5.69 Å². The lowest BCUT2D eigenvalue weighted by Crippen LogP contribution is -2.36. The molecule has 1 fully saturated rings. The topological polar surface area (TPSA) is 15.6 Å². The van der Waals surface area contributed by atoms with E-state index in [9.17, 15) is 0 Å². The number of piperidine rings is 1. The van der Waals surface area contributed by atoms with Gasteiger partial charge in [-0.3, -0.25) is 0 Å². The lowest BCUT2D eigenvalue weighted by Gasteiger charge is -2.35. The minimum absolute atomic E-state index is 0.511. The molecule has 2 heteroatoms. The zero-order chi connectivity index (χ0) is 11.4. The summed E-state index contributed by atoms with van der Waals surface area (Å²) < 4.78 is 0. The number of para-hydroxylation sites is 1. The van der Waals surface area contributed by atoms with Crippen LogP contribution in [0.1, 0.15) is 26.7 Å². The highest BCUT2D eigenvalue weighted by molar-refractivity contribution is 5.61. The molecule has 0 radical (unpaired) electrons. The zero-order valence-corrected chi connectivity index (χ0v) is 10.2. The third kappa shape index (κ3) is 3.09. The summed E-state index contributed by atoms with van der Waals surface area (Å²) in [6.45, 7) is 6.95. The summed E-state index contributed by atoms with van der Waals surface area (Å²) in [7, 11) is 0. The Hall–Kier alpha value is -1.31. The van der Waals surface area contributed by atoms with E-state index in [1.54, 1.807) is 0 Å². The average molecular weight is 216 g/mol. The lowest BCUT2D eigenvalue weighted by molar-refractivity contribution is 0.192. The van der Waals surface area contributed by atoms with E-state index < -0.39 is 0 Å².